The molecule has 0 aliphatic carbocycles. The maximum atomic E-state index is 8.77. The van der Waals surface area contributed by atoms with E-state index in [1.54, 1.807) is 0 Å². The molecule has 4 heavy (non-hydrogen) atoms. The molecule has 0 rings (SSSR count). The summed E-state index contributed by atoms with van der Waals surface area (Å²) < 4.78 is 8.77. The van der Waals surface area contributed by atoms with Crippen LogP contribution in [0.4, 0.5) is 0 Å². The lowest BCUT2D eigenvalue weighted by molar-refractivity contribution is 0.606. The third-order valence-corrected chi connectivity index (χ3v) is 0. The molecular weight excluding hydrogens is 93.0 g/mol. The summed E-state index contributed by atoms with van der Waals surface area (Å²) in [6, 6.07) is 0. The van der Waals surface area contributed by atoms with Crippen molar-refractivity contribution >= 4 is 19.9 Å². The van der Waals surface area contributed by atoms with E-state index >= 15 is 0 Å². The highest BCUT2D eigenvalue weighted by Crippen LogP contribution is 1.90. The molecule has 0 aromatic heterocycles. The van der Waals surface area contributed by atoms with Crippen LogP contribution in [0.5, 0.6) is 0 Å². The van der Waals surface area contributed by atoms with Crippen LogP contribution in [0.2, 0.25) is 0 Å². The first-order valence-electron chi connectivity index (χ1n) is 0.383. The van der Waals surface area contributed by atoms with Gasteiger partial charge in [0.1, 0.15) is 0 Å². The van der Waals surface area contributed by atoms with Gasteiger partial charge in [-0.15, -0.1) is 0 Å². The van der Waals surface area contributed by atoms with E-state index in [4.69, 9.17) is 4.57 Å². The highest BCUT2D eigenvalue weighted by atomic mass is 32.7. The second-order valence-electron chi connectivity index (χ2n) is 0.0816. The topological polar surface area (TPSA) is 53.6 Å². The first kappa shape index (κ1) is 8.83. The average Bonchev–Trinajstić information content (AvgIpc) is 0.918. The van der Waals surface area contributed by atoms with Gasteiger partial charge in [0.2, 0.25) is 7.66 Å². The van der Waals surface area contributed by atoms with E-state index in [9.17, 15) is 0 Å². The summed E-state index contributed by atoms with van der Waals surface area (Å²) in [5.41, 5.74) is 0. The van der Waals surface area contributed by atoms with Crippen LogP contribution >= 0.6 is 19.9 Å². The van der Waals surface area contributed by atoms with Crippen molar-refractivity contribution in [2.24, 2.45) is 0 Å². The normalized spacial score (nSPS) is 5.25. The predicted octanol–water partition coefficient (Wildman–Crippen LogP) is 1.50. The molecule has 0 saturated heterocycles. The van der Waals surface area contributed by atoms with Gasteiger partial charge in [-0.2, -0.15) is 0 Å². The lowest BCUT2D eigenvalue weighted by Gasteiger charge is -1.20. The van der Waals surface area contributed by atoms with Gasteiger partial charge in [0, 0.05) is 0 Å². The van der Waals surface area contributed by atoms with Crippen molar-refractivity contribution in [3.8, 4) is 0 Å². The van der Waals surface area contributed by atoms with Gasteiger partial charge in [0.15, 0.2) is 0 Å². The Bertz CT molecular complexity index is 15.5. The molecule has 4 heteroatoms. The van der Waals surface area contributed by atoms with Crippen molar-refractivity contribution in [2.45, 2.75) is 0 Å². The molecule has 0 aromatic rings. The van der Waals surface area contributed by atoms with E-state index in [-0.39, 0.29) is 13.8 Å². The molecule has 0 bridgehead atoms. The molecule has 0 amide bonds. The molecule has 0 aliphatic heterocycles. The van der Waals surface area contributed by atoms with E-state index in [2.05, 4.69) is 12.2 Å². The Morgan fingerprint density at radius 1 is 1.75 bits per heavy atom. The van der Waals surface area contributed by atoms with Crippen LogP contribution in [0.15, 0.2) is 0 Å². The van der Waals surface area contributed by atoms with Crippen LogP contribution in [0.3, 0.4) is 0 Å². The van der Waals surface area contributed by atoms with Crippen LogP contribution in [0.1, 0.15) is 0 Å². The van der Waals surface area contributed by atoms with Gasteiger partial charge < -0.3 is 6.15 Å². The number of quaternary nitrogens is 1. The molecule has 0 unspecified atom stereocenters. The van der Waals surface area contributed by atoms with Gasteiger partial charge in [0.25, 0.3) is 0 Å². The minimum absolute atomic E-state index is 0. The molecule has 0 radical (unpaired) electrons. The quantitative estimate of drug-likeness (QED) is 0.350. The fourth-order valence-electron chi connectivity index (χ4n) is 0. The van der Waals surface area contributed by atoms with Crippen LogP contribution < -0.4 is 6.15 Å². The summed E-state index contributed by atoms with van der Waals surface area (Å²) in [6.45, 7) is 0. The SMILES string of the molecule is O=PS.[NH4+]. The highest BCUT2D eigenvalue weighted by molar-refractivity contribution is 8.33. The third-order valence-electron chi connectivity index (χ3n) is 0. The summed E-state index contributed by atoms with van der Waals surface area (Å²) in [7, 11) is -0.139. The summed E-state index contributed by atoms with van der Waals surface area (Å²) >= 11 is 3.21. The zero-order chi connectivity index (χ0) is 2.71. The predicted molar refractivity (Wildman–Crippen MR) is 22.6 cm³/mol. The smallest absolute Gasteiger partial charge is 0.223 e. The Morgan fingerprint density at radius 3 is 1.75 bits per heavy atom. The maximum absolute atomic E-state index is 8.77. The van der Waals surface area contributed by atoms with Crippen molar-refractivity contribution in [3.63, 3.8) is 0 Å². The standard InChI is InChI=1S/H3N.HOPS/c;1-2-3/h1H3;(H,1,3)/p+1. The Kier molecular flexibility index (Phi) is 22.0. The molecule has 0 spiro atoms. The van der Waals surface area contributed by atoms with Crippen LogP contribution in [0.25, 0.3) is 0 Å². The first-order valence-corrected chi connectivity index (χ1v) is 2.35. The Hall–Kier alpha value is 0.410. The second-order valence-corrected chi connectivity index (χ2v) is 0.735. The van der Waals surface area contributed by atoms with Crippen molar-refractivity contribution in [1.82, 2.24) is 6.15 Å². The number of hydrogen-bond donors (Lipinski definition) is 2. The molecule has 0 saturated carbocycles. The molecule has 0 aromatic carbocycles. The average molecular weight is 98.1 g/mol. The molecule has 4 N–H and O–H groups in total. The zero-order valence-electron chi connectivity index (χ0n) is 2.30. The van der Waals surface area contributed by atoms with Crippen LogP contribution in [-0.2, 0) is 4.57 Å². The lowest BCUT2D eigenvalue weighted by Crippen LogP contribution is -0.713. The molecular formula is H5NOPS+. The van der Waals surface area contributed by atoms with Gasteiger partial charge in [-0.3, -0.25) is 4.57 Å². The first-order chi connectivity index (χ1) is 1.41. The molecule has 0 heterocycles. The fraction of sp³-hybridized carbons (Fsp3) is 0. The second kappa shape index (κ2) is 9.96. The minimum Gasteiger partial charge on any atom is -0.369 e. The van der Waals surface area contributed by atoms with Crippen molar-refractivity contribution in [3.05, 3.63) is 0 Å². The van der Waals surface area contributed by atoms with Crippen molar-refractivity contribution in [1.29, 1.82) is 0 Å². The van der Waals surface area contributed by atoms with E-state index in [1.807, 2.05) is 0 Å². The van der Waals surface area contributed by atoms with E-state index < -0.39 is 0 Å². The van der Waals surface area contributed by atoms with Crippen LogP contribution in [0, 0.1) is 0 Å². The van der Waals surface area contributed by atoms with Gasteiger partial charge in [0.05, 0.1) is 0 Å². The van der Waals surface area contributed by atoms with Gasteiger partial charge in [-0.25, -0.2) is 0 Å². The maximum Gasteiger partial charge on any atom is 0.223 e. The van der Waals surface area contributed by atoms with Crippen LogP contribution in [-0.4, -0.2) is 0 Å². The number of thiol groups is 1. The summed E-state index contributed by atoms with van der Waals surface area (Å²) in [5.74, 6) is 0. The Balaban J connectivity index is 0. The van der Waals surface area contributed by atoms with E-state index in [1.165, 1.54) is 0 Å². The Labute approximate surface area is 31.5 Å². The van der Waals surface area contributed by atoms with E-state index in [0.717, 1.165) is 0 Å². The fourth-order valence-corrected chi connectivity index (χ4v) is 0. The molecule has 2 nitrogen and oxygen atoms in total. The van der Waals surface area contributed by atoms with Gasteiger partial charge in [-0.1, -0.05) is 12.2 Å². The van der Waals surface area contributed by atoms with Crippen molar-refractivity contribution < 1.29 is 4.57 Å². The molecule has 0 aliphatic rings. The van der Waals surface area contributed by atoms with E-state index in [0.29, 0.717) is 0 Å². The summed E-state index contributed by atoms with van der Waals surface area (Å²) in [5, 5.41) is 0. The minimum atomic E-state index is -0.139. The highest BCUT2D eigenvalue weighted by Gasteiger charge is 1.28. The molecule has 0 fully saturated rings. The summed E-state index contributed by atoms with van der Waals surface area (Å²) in [6.07, 6.45) is 0. The number of hydrogen-bond acceptors (Lipinski definition) is 1. The lowest BCUT2D eigenvalue weighted by atomic mass is 14.0. The zero-order valence-corrected chi connectivity index (χ0v) is 4.09. The molecule has 0 atom stereocenters. The monoisotopic (exact) mass is 98.0 g/mol. The van der Waals surface area contributed by atoms with Gasteiger partial charge in [-0.05, 0) is 0 Å². The molecule has 26 valence electrons. The Morgan fingerprint density at radius 2 is 1.75 bits per heavy atom. The summed E-state index contributed by atoms with van der Waals surface area (Å²) in [4.78, 5) is 0. The third kappa shape index (κ3) is 28.5. The van der Waals surface area contributed by atoms with Gasteiger partial charge >= 0.3 is 0 Å². The number of rotatable bonds is 0. The van der Waals surface area contributed by atoms with Crippen molar-refractivity contribution in [2.75, 3.05) is 0 Å². The largest absolute Gasteiger partial charge is 0.369 e.